The van der Waals surface area contributed by atoms with E-state index in [0.29, 0.717) is 18.8 Å². The molecule has 1 aromatic rings. The highest BCUT2D eigenvalue weighted by Crippen LogP contribution is 2.17. The maximum Gasteiger partial charge on any atom is 0.261 e. The van der Waals surface area contributed by atoms with Crippen LogP contribution < -0.4 is 4.74 Å². The van der Waals surface area contributed by atoms with Crippen LogP contribution in [-0.2, 0) is 4.79 Å². The summed E-state index contributed by atoms with van der Waals surface area (Å²) in [4.78, 5) is 13.5. The predicted molar refractivity (Wildman–Crippen MR) is 76.6 cm³/mol. The number of carbonyl (C=O) groups is 1. The van der Waals surface area contributed by atoms with Crippen LogP contribution in [0.1, 0.15) is 0 Å². The fraction of sp³-hybridized carbons (Fsp3) is 0.214. The van der Waals surface area contributed by atoms with Crippen LogP contribution in [0.15, 0.2) is 54.0 Å². The minimum atomic E-state index is -0.0882. The van der Waals surface area contributed by atoms with Crippen molar-refractivity contribution in [3.8, 4) is 5.75 Å². The van der Waals surface area contributed by atoms with Crippen LogP contribution in [0.25, 0.3) is 0 Å². The molecule has 18 heavy (non-hydrogen) atoms. The first-order valence-electron chi connectivity index (χ1n) is 5.55. The molecule has 0 unspecified atom stereocenters. The van der Waals surface area contributed by atoms with E-state index in [1.807, 2.05) is 24.3 Å². The van der Waals surface area contributed by atoms with Gasteiger partial charge in [0.05, 0.1) is 0 Å². The van der Waals surface area contributed by atoms with Crippen molar-refractivity contribution >= 4 is 21.8 Å². The summed E-state index contributed by atoms with van der Waals surface area (Å²) in [5, 5.41) is 0. The summed E-state index contributed by atoms with van der Waals surface area (Å²) in [5.41, 5.74) is 0. The van der Waals surface area contributed by atoms with Crippen LogP contribution in [0.2, 0.25) is 0 Å². The van der Waals surface area contributed by atoms with Crippen molar-refractivity contribution in [1.82, 2.24) is 4.90 Å². The summed E-state index contributed by atoms with van der Waals surface area (Å²) < 4.78 is 6.35. The molecule has 0 spiro atoms. The molecule has 0 aliphatic carbocycles. The van der Waals surface area contributed by atoms with Crippen molar-refractivity contribution in [3.05, 3.63) is 54.0 Å². The van der Waals surface area contributed by atoms with E-state index < -0.39 is 0 Å². The molecule has 0 aromatic heterocycles. The van der Waals surface area contributed by atoms with E-state index in [4.69, 9.17) is 4.74 Å². The molecule has 0 aliphatic heterocycles. The first kappa shape index (κ1) is 14.5. The number of amides is 1. The van der Waals surface area contributed by atoms with Gasteiger partial charge in [0.15, 0.2) is 6.61 Å². The molecular formula is C14H16BrNO2. The van der Waals surface area contributed by atoms with E-state index in [9.17, 15) is 4.79 Å². The van der Waals surface area contributed by atoms with Crippen LogP contribution >= 0.6 is 15.9 Å². The van der Waals surface area contributed by atoms with Gasteiger partial charge in [-0.25, -0.2) is 0 Å². The monoisotopic (exact) mass is 309 g/mol. The second-order valence-electron chi connectivity index (χ2n) is 3.62. The minimum absolute atomic E-state index is 0.0120. The lowest BCUT2D eigenvalue weighted by atomic mass is 10.3. The molecule has 0 radical (unpaired) electrons. The maximum absolute atomic E-state index is 11.9. The van der Waals surface area contributed by atoms with Gasteiger partial charge in [-0.3, -0.25) is 4.79 Å². The normalized spacial score (nSPS) is 9.61. The molecule has 3 nitrogen and oxygen atoms in total. The number of nitrogens with zero attached hydrogens (tertiary/aromatic N) is 1. The van der Waals surface area contributed by atoms with Gasteiger partial charge < -0.3 is 9.64 Å². The highest BCUT2D eigenvalue weighted by atomic mass is 79.9. The van der Waals surface area contributed by atoms with Crippen molar-refractivity contribution in [2.45, 2.75) is 0 Å². The van der Waals surface area contributed by atoms with E-state index in [-0.39, 0.29) is 12.5 Å². The third-order valence-corrected chi connectivity index (χ3v) is 2.70. The Morgan fingerprint density at radius 3 is 2.56 bits per heavy atom. The molecule has 0 aliphatic rings. The summed E-state index contributed by atoms with van der Waals surface area (Å²) in [6, 6.07) is 7.38. The molecule has 0 heterocycles. The van der Waals surface area contributed by atoms with Crippen LogP contribution in [0.4, 0.5) is 0 Å². The quantitative estimate of drug-likeness (QED) is 0.725. The predicted octanol–water partition coefficient (Wildman–Crippen LogP) is 3.03. The average Bonchev–Trinajstić information content (AvgIpc) is 2.36. The minimum Gasteiger partial charge on any atom is -0.484 e. The van der Waals surface area contributed by atoms with Crippen molar-refractivity contribution in [1.29, 1.82) is 0 Å². The van der Waals surface area contributed by atoms with Gasteiger partial charge >= 0.3 is 0 Å². The molecule has 96 valence electrons. The molecule has 0 saturated carbocycles. The van der Waals surface area contributed by atoms with Crippen molar-refractivity contribution < 1.29 is 9.53 Å². The van der Waals surface area contributed by atoms with Crippen molar-refractivity contribution in [2.24, 2.45) is 0 Å². The summed E-state index contributed by atoms with van der Waals surface area (Å²) in [6.45, 7) is 8.24. The summed E-state index contributed by atoms with van der Waals surface area (Å²) in [6.07, 6.45) is 3.36. The van der Waals surface area contributed by atoms with Crippen LogP contribution in [0.5, 0.6) is 5.75 Å². The molecule has 0 bridgehead atoms. The Hall–Kier alpha value is -1.55. The van der Waals surface area contributed by atoms with E-state index in [0.717, 1.165) is 4.47 Å². The molecule has 1 amide bonds. The number of halogens is 1. The highest BCUT2D eigenvalue weighted by molar-refractivity contribution is 9.10. The number of benzene rings is 1. The topological polar surface area (TPSA) is 29.5 Å². The van der Waals surface area contributed by atoms with Gasteiger partial charge in [-0.05, 0) is 18.2 Å². The van der Waals surface area contributed by atoms with Gasteiger partial charge in [-0.1, -0.05) is 34.1 Å². The van der Waals surface area contributed by atoms with Gasteiger partial charge in [-0.15, -0.1) is 13.2 Å². The molecule has 1 rings (SSSR count). The Labute approximate surface area is 116 Å². The average molecular weight is 310 g/mol. The second kappa shape index (κ2) is 7.71. The summed E-state index contributed by atoms with van der Waals surface area (Å²) in [7, 11) is 0. The largest absolute Gasteiger partial charge is 0.484 e. The number of carbonyl (C=O) groups excluding carboxylic acids is 1. The van der Waals surface area contributed by atoms with Crippen LogP contribution in [0.3, 0.4) is 0 Å². The number of rotatable bonds is 7. The Bertz CT molecular complexity index is 422. The van der Waals surface area contributed by atoms with E-state index in [2.05, 4.69) is 29.1 Å². The van der Waals surface area contributed by atoms with Gasteiger partial charge in [0.25, 0.3) is 5.91 Å². The maximum atomic E-state index is 11.9. The van der Waals surface area contributed by atoms with Crippen molar-refractivity contribution in [2.75, 3.05) is 19.7 Å². The van der Waals surface area contributed by atoms with Crippen LogP contribution in [0, 0.1) is 0 Å². The number of ether oxygens (including phenoxy) is 1. The Morgan fingerprint density at radius 2 is 2.00 bits per heavy atom. The standard InChI is InChI=1S/C14H16BrNO2/c1-3-8-16(9-4-2)14(17)11-18-13-7-5-6-12(15)10-13/h3-7,10H,1-2,8-9,11H2. The van der Waals surface area contributed by atoms with Gasteiger partial charge in [-0.2, -0.15) is 0 Å². The third-order valence-electron chi connectivity index (χ3n) is 2.21. The van der Waals surface area contributed by atoms with Crippen LogP contribution in [-0.4, -0.2) is 30.5 Å². The lowest BCUT2D eigenvalue weighted by Gasteiger charge is -2.19. The smallest absolute Gasteiger partial charge is 0.261 e. The van der Waals surface area contributed by atoms with Crippen molar-refractivity contribution in [3.63, 3.8) is 0 Å². The number of hydrogen-bond donors (Lipinski definition) is 0. The zero-order valence-electron chi connectivity index (χ0n) is 10.1. The first-order chi connectivity index (χ1) is 8.67. The summed E-state index contributed by atoms with van der Waals surface area (Å²) in [5.74, 6) is 0.574. The lowest BCUT2D eigenvalue weighted by molar-refractivity contribution is -0.132. The summed E-state index contributed by atoms with van der Waals surface area (Å²) >= 11 is 3.35. The Balaban J connectivity index is 2.53. The van der Waals surface area contributed by atoms with E-state index >= 15 is 0 Å². The van der Waals surface area contributed by atoms with Gasteiger partial charge in [0, 0.05) is 17.6 Å². The molecule has 0 saturated heterocycles. The third kappa shape index (κ3) is 4.75. The molecule has 0 N–H and O–H groups in total. The van der Waals surface area contributed by atoms with Gasteiger partial charge in [0.1, 0.15) is 5.75 Å². The second-order valence-corrected chi connectivity index (χ2v) is 4.54. The Morgan fingerprint density at radius 1 is 1.33 bits per heavy atom. The van der Waals surface area contributed by atoms with E-state index in [1.54, 1.807) is 17.1 Å². The van der Waals surface area contributed by atoms with E-state index in [1.165, 1.54) is 0 Å². The lowest BCUT2D eigenvalue weighted by Crippen LogP contribution is -2.35. The first-order valence-corrected chi connectivity index (χ1v) is 6.34. The molecular weight excluding hydrogens is 294 g/mol. The number of hydrogen-bond acceptors (Lipinski definition) is 2. The highest BCUT2D eigenvalue weighted by Gasteiger charge is 2.11. The fourth-order valence-corrected chi connectivity index (χ4v) is 1.76. The van der Waals surface area contributed by atoms with Gasteiger partial charge in [0.2, 0.25) is 0 Å². The Kier molecular flexibility index (Phi) is 6.22. The zero-order valence-corrected chi connectivity index (χ0v) is 11.7. The SMILES string of the molecule is C=CCN(CC=C)C(=O)COc1cccc(Br)c1. The molecule has 0 fully saturated rings. The molecule has 4 heteroatoms. The fourth-order valence-electron chi connectivity index (χ4n) is 1.38. The zero-order chi connectivity index (χ0) is 13.4. The molecule has 1 aromatic carbocycles. The molecule has 0 atom stereocenters.